The van der Waals surface area contributed by atoms with Crippen LogP contribution in [0, 0.1) is 0 Å². The summed E-state index contributed by atoms with van der Waals surface area (Å²) < 4.78 is 6.49. The van der Waals surface area contributed by atoms with Gasteiger partial charge < -0.3 is 15.4 Å². The number of nitrogens with one attached hydrogen (secondary N) is 2. The van der Waals surface area contributed by atoms with Crippen LogP contribution in [0.15, 0.2) is 66.7 Å². The monoisotopic (exact) mass is 546 g/mol. The number of carbonyl (C=O) groups excluding carboxylic acids is 3. The first-order valence-electron chi connectivity index (χ1n) is 12.5. The van der Waals surface area contributed by atoms with Gasteiger partial charge in [0.2, 0.25) is 0 Å². The molecule has 0 aliphatic heterocycles. The Balaban J connectivity index is 1.56. The SMILES string of the molecule is CC(C)(C)OC(=O)n1nc(Cl)c2ccc(NC(=O)c3ccccc3NC(=O)c3ccc(C(C)(C)C)cc3)cc21. The molecule has 0 atom stereocenters. The second-order valence-corrected chi connectivity index (χ2v) is 11.6. The summed E-state index contributed by atoms with van der Waals surface area (Å²) in [5.74, 6) is -0.768. The maximum Gasteiger partial charge on any atom is 0.435 e. The number of rotatable bonds is 4. The molecule has 202 valence electrons. The Morgan fingerprint density at radius 1 is 0.846 bits per heavy atom. The number of amides is 2. The van der Waals surface area contributed by atoms with Crippen LogP contribution in [0.4, 0.5) is 16.2 Å². The first-order chi connectivity index (χ1) is 18.2. The Morgan fingerprint density at radius 2 is 1.51 bits per heavy atom. The summed E-state index contributed by atoms with van der Waals surface area (Å²) >= 11 is 6.23. The van der Waals surface area contributed by atoms with Crippen molar-refractivity contribution >= 4 is 51.8 Å². The van der Waals surface area contributed by atoms with E-state index in [9.17, 15) is 14.4 Å². The molecular formula is C30H31ClN4O4. The highest BCUT2D eigenvalue weighted by atomic mass is 35.5. The van der Waals surface area contributed by atoms with Crippen LogP contribution in [0.3, 0.4) is 0 Å². The summed E-state index contributed by atoms with van der Waals surface area (Å²) in [5.41, 5.74) is 2.27. The topological polar surface area (TPSA) is 102 Å². The third-order valence-corrected chi connectivity index (χ3v) is 6.17. The lowest BCUT2D eigenvalue weighted by Gasteiger charge is -2.19. The van der Waals surface area contributed by atoms with Gasteiger partial charge in [0, 0.05) is 16.6 Å². The van der Waals surface area contributed by atoms with Crippen molar-refractivity contribution in [2.45, 2.75) is 52.6 Å². The lowest BCUT2D eigenvalue weighted by molar-refractivity contribution is 0.0522. The van der Waals surface area contributed by atoms with Gasteiger partial charge in [0.15, 0.2) is 5.15 Å². The van der Waals surface area contributed by atoms with Crippen LogP contribution in [0.5, 0.6) is 0 Å². The second kappa shape index (κ2) is 10.5. The van der Waals surface area contributed by atoms with Crippen LogP contribution >= 0.6 is 11.6 Å². The van der Waals surface area contributed by atoms with E-state index in [0.717, 1.165) is 10.2 Å². The summed E-state index contributed by atoms with van der Waals surface area (Å²) in [6, 6.07) is 19.0. The summed E-state index contributed by atoms with van der Waals surface area (Å²) in [4.78, 5) is 38.9. The summed E-state index contributed by atoms with van der Waals surface area (Å²) in [6.45, 7) is 11.6. The molecule has 0 radical (unpaired) electrons. The molecule has 4 rings (SSSR count). The molecule has 2 amide bonds. The van der Waals surface area contributed by atoms with Gasteiger partial charge in [0.25, 0.3) is 11.8 Å². The van der Waals surface area contributed by atoms with Crippen molar-refractivity contribution in [1.29, 1.82) is 0 Å². The van der Waals surface area contributed by atoms with Gasteiger partial charge in [-0.3, -0.25) is 9.59 Å². The number of aromatic nitrogens is 2. The largest absolute Gasteiger partial charge is 0.442 e. The highest BCUT2D eigenvalue weighted by Crippen LogP contribution is 2.28. The van der Waals surface area contributed by atoms with Gasteiger partial charge in [0.05, 0.1) is 16.8 Å². The van der Waals surface area contributed by atoms with Crippen LogP contribution in [0.25, 0.3) is 10.9 Å². The second-order valence-electron chi connectivity index (χ2n) is 11.2. The van der Waals surface area contributed by atoms with E-state index >= 15 is 0 Å². The van der Waals surface area contributed by atoms with Gasteiger partial charge in [-0.1, -0.05) is 56.6 Å². The number of fused-ring (bicyclic) bond motifs is 1. The van der Waals surface area contributed by atoms with E-state index in [0.29, 0.717) is 27.8 Å². The van der Waals surface area contributed by atoms with Gasteiger partial charge in [-0.25, -0.2) is 4.79 Å². The van der Waals surface area contributed by atoms with Crippen molar-refractivity contribution in [3.8, 4) is 0 Å². The molecule has 0 unspecified atom stereocenters. The van der Waals surface area contributed by atoms with Crippen LogP contribution in [-0.4, -0.2) is 33.3 Å². The zero-order chi connectivity index (χ0) is 28.5. The molecule has 0 bridgehead atoms. The van der Waals surface area contributed by atoms with Gasteiger partial charge in [-0.2, -0.15) is 4.68 Å². The van der Waals surface area contributed by atoms with E-state index in [4.69, 9.17) is 16.3 Å². The zero-order valence-corrected chi connectivity index (χ0v) is 23.5. The lowest BCUT2D eigenvalue weighted by Crippen LogP contribution is -2.27. The Bertz CT molecular complexity index is 1560. The normalized spacial score (nSPS) is 11.8. The average Bonchev–Trinajstić information content (AvgIpc) is 3.18. The molecule has 0 spiro atoms. The van der Waals surface area contributed by atoms with Crippen LogP contribution in [0.2, 0.25) is 5.15 Å². The molecule has 0 saturated heterocycles. The van der Waals surface area contributed by atoms with Crippen molar-refractivity contribution in [1.82, 2.24) is 9.78 Å². The fraction of sp³-hybridized carbons (Fsp3) is 0.267. The van der Waals surface area contributed by atoms with E-state index in [-0.39, 0.29) is 22.0 Å². The Kier molecular flexibility index (Phi) is 7.52. The minimum absolute atomic E-state index is 0.0291. The smallest absolute Gasteiger partial charge is 0.435 e. The molecule has 1 aromatic heterocycles. The molecular weight excluding hydrogens is 516 g/mol. The number of benzene rings is 3. The van der Waals surface area contributed by atoms with Gasteiger partial charge in [0.1, 0.15) is 5.60 Å². The van der Waals surface area contributed by atoms with E-state index in [1.807, 2.05) is 12.1 Å². The number of nitrogens with zero attached hydrogens (tertiary/aromatic N) is 2. The van der Waals surface area contributed by atoms with Gasteiger partial charge in [-0.05, 0) is 74.2 Å². The molecule has 3 aromatic carbocycles. The van der Waals surface area contributed by atoms with E-state index in [1.54, 1.807) is 75.4 Å². The van der Waals surface area contributed by atoms with Gasteiger partial charge in [-0.15, -0.1) is 5.10 Å². The Morgan fingerprint density at radius 3 is 2.15 bits per heavy atom. The van der Waals surface area contributed by atoms with E-state index in [1.165, 1.54) is 0 Å². The van der Waals surface area contributed by atoms with Crippen LogP contribution in [0.1, 0.15) is 67.8 Å². The third kappa shape index (κ3) is 6.46. The van der Waals surface area contributed by atoms with Crippen molar-refractivity contribution in [2.75, 3.05) is 10.6 Å². The highest BCUT2D eigenvalue weighted by molar-refractivity contribution is 6.34. The highest BCUT2D eigenvalue weighted by Gasteiger charge is 2.23. The Labute approximate surface area is 232 Å². The van der Waals surface area contributed by atoms with Crippen molar-refractivity contribution in [3.05, 3.63) is 88.6 Å². The molecule has 8 nitrogen and oxygen atoms in total. The predicted octanol–water partition coefficient (Wildman–Crippen LogP) is 7.28. The van der Waals surface area contributed by atoms with Gasteiger partial charge >= 0.3 is 6.09 Å². The number of hydrogen-bond acceptors (Lipinski definition) is 5. The number of carbonyl (C=O) groups is 3. The molecule has 9 heteroatoms. The molecule has 0 aliphatic carbocycles. The standard InChI is InChI=1S/C30H31ClN4O4/c1-29(2,3)19-13-11-18(12-14-19)26(36)33-23-10-8-7-9-21(23)27(37)32-20-15-16-22-24(17-20)35(34-25(22)31)28(38)39-30(4,5)6/h7-17H,1-6H3,(H,32,37)(H,33,36). The zero-order valence-electron chi connectivity index (χ0n) is 22.8. The van der Waals surface area contributed by atoms with Crippen molar-refractivity contribution in [3.63, 3.8) is 0 Å². The van der Waals surface area contributed by atoms with Crippen molar-refractivity contribution < 1.29 is 19.1 Å². The number of anilines is 2. The number of para-hydroxylation sites is 1. The lowest BCUT2D eigenvalue weighted by atomic mass is 9.86. The fourth-order valence-corrected chi connectivity index (χ4v) is 4.14. The number of hydrogen-bond donors (Lipinski definition) is 2. The fourth-order valence-electron chi connectivity index (χ4n) is 3.90. The maximum absolute atomic E-state index is 13.3. The first kappa shape index (κ1) is 27.9. The molecule has 4 aromatic rings. The van der Waals surface area contributed by atoms with Crippen LogP contribution in [-0.2, 0) is 10.2 Å². The number of halogens is 1. The Hall–Kier alpha value is -4.17. The molecule has 0 saturated carbocycles. The molecule has 1 heterocycles. The maximum atomic E-state index is 13.3. The summed E-state index contributed by atoms with van der Waals surface area (Å²) in [7, 11) is 0. The predicted molar refractivity (Wildman–Crippen MR) is 154 cm³/mol. The van der Waals surface area contributed by atoms with Crippen molar-refractivity contribution in [2.24, 2.45) is 0 Å². The average molecular weight is 547 g/mol. The molecule has 0 aliphatic rings. The first-order valence-corrected chi connectivity index (χ1v) is 12.8. The van der Waals surface area contributed by atoms with Crippen LogP contribution < -0.4 is 10.6 Å². The molecule has 2 N–H and O–H groups in total. The number of ether oxygens (including phenoxy) is 1. The minimum Gasteiger partial charge on any atom is -0.442 e. The molecule has 0 fully saturated rings. The quantitative estimate of drug-likeness (QED) is 0.280. The minimum atomic E-state index is -0.726. The summed E-state index contributed by atoms with van der Waals surface area (Å²) in [6.07, 6.45) is -0.688. The summed E-state index contributed by atoms with van der Waals surface area (Å²) in [5, 5.41) is 10.4. The van der Waals surface area contributed by atoms with E-state index in [2.05, 4.69) is 36.5 Å². The van der Waals surface area contributed by atoms with E-state index < -0.39 is 17.6 Å². The molecule has 39 heavy (non-hydrogen) atoms. The third-order valence-electron chi connectivity index (χ3n) is 5.89.